The van der Waals surface area contributed by atoms with Gasteiger partial charge in [0.05, 0.1) is 6.10 Å². The highest BCUT2D eigenvalue weighted by molar-refractivity contribution is 5.97. The van der Waals surface area contributed by atoms with E-state index >= 15 is 0 Å². The first-order valence-corrected chi connectivity index (χ1v) is 6.78. The zero-order valence-electron chi connectivity index (χ0n) is 11.3. The Morgan fingerprint density at radius 3 is 3.15 bits per heavy atom. The number of fused-ring (bicyclic) bond motifs is 1. The van der Waals surface area contributed by atoms with Gasteiger partial charge in [-0.2, -0.15) is 0 Å². The van der Waals surface area contributed by atoms with E-state index in [-0.39, 0.29) is 18.6 Å². The molecule has 2 heterocycles. The van der Waals surface area contributed by atoms with Crippen LogP contribution in [-0.4, -0.2) is 40.9 Å². The fourth-order valence-electron chi connectivity index (χ4n) is 2.53. The van der Waals surface area contributed by atoms with Crippen LogP contribution in [0.4, 0.5) is 0 Å². The van der Waals surface area contributed by atoms with Gasteiger partial charge in [0.15, 0.2) is 0 Å². The van der Waals surface area contributed by atoms with E-state index in [1.165, 1.54) is 0 Å². The molecule has 5 heteroatoms. The van der Waals surface area contributed by atoms with Crippen LogP contribution in [0.3, 0.4) is 0 Å². The molecule has 1 aromatic carbocycles. The Hall–Kier alpha value is -1.85. The highest BCUT2D eigenvalue weighted by atomic mass is 16.5. The number of ether oxygens (including phenoxy) is 1. The van der Waals surface area contributed by atoms with Gasteiger partial charge in [0, 0.05) is 36.8 Å². The summed E-state index contributed by atoms with van der Waals surface area (Å²) in [6, 6.07) is 7.45. The van der Waals surface area contributed by atoms with Gasteiger partial charge in [-0.3, -0.25) is 4.79 Å². The second kappa shape index (κ2) is 4.92. The van der Waals surface area contributed by atoms with E-state index in [0.29, 0.717) is 18.6 Å². The van der Waals surface area contributed by atoms with Crippen molar-refractivity contribution in [3.05, 3.63) is 36.0 Å². The number of carbonyl (C=O) groups is 1. The van der Waals surface area contributed by atoms with Gasteiger partial charge in [-0.15, -0.1) is 0 Å². The van der Waals surface area contributed by atoms with Crippen LogP contribution >= 0.6 is 0 Å². The normalized spacial score (nSPS) is 26.0. The molecule has 2 unspecified atom stereocenters. The number of rotatable bonds is 3. The molecule has 2 aromatic rings. The summed E-state index contributed by atoms with van der Waals surface area (Å²) in [5, 5.41) is 14.2. The average molecular weight is 274 g/mol. The lowest BCUT2D eigenvalue weighted by Crippen LogP contribution is -2.47. The molecule has 1 aliphatic heterocycles. The minimum atomic E-state index is -0.966. The highest BCUT2D eigenvalue weighted by Crippen LogP contribution is 2.24. The molecule has 106 valence electrons. The van der Waals surface area contributed by atoms with Crippen LogP contribution in [-0.2, 0) is 4.74 Å². The first kappa shape index (κ1) is 13.1. The lowest BCUT2D eigenvalue weighted by molar-refractivity contribution is -0.0251. The van der Waals surface area contributed by atoms with Crippen molar-refractivity contribution in [2.24, 2.45) is 0 Å². The number of aromatic nitrogens is 1. The van der Waals surface area contributed by atoms with Crippen molar-refractivity contribution in [2.45, 2.75) is 25.0 Å². The van der Waals surface area contributed by atoms with Gasteiger partial charge in [0.1, 0.15) is 5.60 Å². The summed E-state index contributed by atoms with van der Waals surface area (Å²) in [7, 11) is 0. The maximum atomic E-state index is 12.1. The predicted molar refractivity (Wildman–Crippen MR) is 75.6 cm³/mol. The molecular weight excluding hydrogens is 256 g/mol. The first-order valence-electron chi connectivity index (χ1n) is 6.78. The number of benzene rings is 1. The highest BCUT2D eigenvalue weighted by Gasteiger charge is 2.39. The monoisotopic (exact) mass is 274 g/mol. The maximum Gasteiger partial charge on any atom is 0.251 e. The minimum Gasteiger partial charge on any atom is -0.385 e. The van der Waals surface area contributed by atoms with Gasteiger partial charge in [-0.1, -0.05) is 6.07 Å². The Balaban J connectivity index is 1.69. The Morgan fingerprint density at radius 1 is 1.55 bits per heavy atom. The number of aliphatic hydroxyl groups is 1. The van der Waals surface area contributed by atoms with Crippen LogP contribution in [0.5, 0.6) is 0 Å². The van der Waals surface area contributed by atoms with Crippen molar-refractivity contribution in [1.82, 2.24) is 10.3 Å². The Morgan fingerprint density at radius 2 is 2.40 bits per heavy atom. The standard InChI is InChI=1S/C15H18N2O3/c1-10-15(19,5-7-20-10)9-17-14(18)12-3-2-11-4-6-16-13(11)8-12/h2-4,6,8,10,16,19H,5,7,9H2,1H3,(H,17,18). The van der Waals surface area contributed by atoms with E-state index in [9.17, 15) is 9.90 Å². The fraction of sp³-hybridized carbons (Fsp3) is 0.400. The number of carbonyl (C=O) groups excluding carboxylic acids is 1. The van der Waals surface area contributed by atoms with Crippen molar-refractivity contribution < 1.29 is 14.6 Å². The Bertz CT molecular complexity index is 637. The largest absolute Gasteiger partial charge is 0.385 e. The van der Waals surface area contributed by atoms with E-state index in [0.717, 1.165) is 10.9 Å². The van der Waals surface area contributed by atoms with E-state index in [4.69, 9.17) is 4.74 Å². The average Bonchev–Trinajstić information content (AvgIpc) is 3.03. The fourth-order valence-corrected chi connectivity index (χ4v) is 2.53. The van der Waals surface area contributed by atoms with Gasteiger partial charge < -0.3 is 20.1 Å². The number of hydrogen-bond acceptors (Lipinski definition) is 3. The molecule has 3 rings (SSSR count). The second-order valence-electron chi connectivity index (χ2n) is 5.33. The molecule has 0 bridgehead atoms. The van der Waals surface area contributed by atoms with E-state index in [1.807, 2.05) is 31.3 Å². The summed E-state index contributed by atoms with van der Waals surface area (Å²) >= 11 is 0. The van der Waals surface area contributed by atoms with Crippen molar-refractivity contribution in [3.8, 4) is 0 Å². The van der Waals surface area contributed by atoms with Crippen LogP contribution in [0.25, 0.3) is 10.9 Å². The Kier molecular flexibility index (Phi) is 3.23. The van der Waals surface area contributed by atoms with Gasteiger partial charge >= 0.3 is 0 Å². The molecular formula is C15H18N2O3. The van der Waals surface area contributed by atoms with Crippen LogP contribution in [0.2, 0.25) is 0 Å². The van der Waals surface area contributed by atoms with Gasteiger partial charge in [-0.25, -0.2) is 0 Å². The molecule has 3 N–H and O–H groups in total. The second-order valence-corrected chi connectivity index (χ2v) is 5.33. The molecule has 0 aliphatic carbocycles. The number of amides is 1. The summed E-state index contributed by atoms with van der Waals surface area (Å²) in [4.78, 5) is 15.2. The molecule has 1 amide bonds. The van der Waals surface area contributed by atoms with Gasteiger partial charge in [0.25, 0.3) is 5.91 Å². The SMILES string of the molecule is CC1OCCC1(O)CNC(=O)c1ccc2cc[nH]c2c1. The molecule has 2 atom stereocenters. The molecule has 0 radical (unpaired) electrons. The van der Waals surface area contributed by atoms with Crippen LogP contribution < -0.4 is 5.32 Å². The maximum absolute atomic E-state index is 12.1. The van der Waals surface area contributed by atoms with Crippen LogP contribution in [0.15, 0.2) is 30.5 Å². The van der Waals surface area contributed by atoms with Crippen molar-refractivity contribution in [1.29, 1.82) is 0 Å². The number of hydrogen-bond donors (Lipinski definition) is 3. The molecule has 1 aromatic heterocycles. The molecule has 20 heavy (non-hydrogen) atoms. The Labute approximate surface area is 116 Å². The van der Waals surface area contributed by atoms with Crippen molar-refractivity contribution in [3.63, 3.8) is 0 Å². The van der Waals surface area contributed by atoms with Crippen LogP contribution in [0, 0.1) is 0 Å². The van der Waals surface area contributed by atoms with E-state index in [2.05, 4.69) is 10.3 Å². The zero-order valence-corrected chi connectivity index (χ0v) is 11.3. The summed E-state index contributed by atoms with van der Waals surface area (Å²) in [6.07, 6.45) is 2.13. The summed E-state index contributed by atoms with van der Waals surface area (Å²) < 4.78 is 5.35. The zero-order chi connectivity index (χ0) is 14.2. The third kappa shape index (κ3) is 2.30. The number of aromatic amines is 1. The third-order valence-corrected chi connectivity index (χ3v) is 4.03. The third-order valence-electron chi connectivity index (χ3n) is 4.03. The van der Waals surface area contributed by atoms with Gasteiger partial charge in [0.2, 0.25) is 0 Å². The van der Waals surface area contributed by atoms with E-state index in [1.54, 1.807) is 6.07 Å². The van der Waals surface area contributed by atoms with Crippen molar-refractivity contribution >= 4 is 16.8 Å². The molecule has 0 saturated carbocycles. The summed E-state index contributed by atoms with van der Waals surface area (Å²) in [5.74, 6) is -0.186. The topological polar surface area (TPSA) is 74.3 Å². The summed E-state index contributed by atoms with van der Waals surface area (Å²) in [6.45, 7) is 2.56. The molecule has 1 fully saturated rings. The van der Waals surface area contributed by atoms with E-state index < -0.39 is 5.60 Å². The lowest BCUT2D eigenvalue weighted by Gasteiger charge is -2.26. The lowest BCUT2D eigenvalue weighted by atomic mass is 9.96. The predicted octanol–water partition coefficient (Wildman–Crippen LogP) is 1.44. The molecule has 1 saturated heterocycles. The quantitative estimate of drug-likeness (QED) is 0.793. The minimum absolute atomic E-state index is 0.186. The molecule has 1 aliphatic rings. The van der Waals surface area contributed by atoms with Crippen molar-refractivity contribution in [2.75, 3.05) is 13.2 Å². The molecule has 5 nitrogen and oxygen atoms in total. The smallest absolute Gasteiger partial charge is 0.251 e. The number of nitrogens with one attached hydrogen (secondary N) is 2. The van der Waals surface area contributed by atoms with Gasteiger partial charge in [-0.05, 0) is 30.5 Å². The molecule has 0 spiro atoms. The first-order chi connectivity index (χ1) is 9.58. The summed E-state index contributed by atoms with van der Waals surface area (Å²) in [5.41, 5.74) is 0.538. The number of H-pyrrole nitrogens is 1. The van der Waals surface area contributed by atoms with Crippen LogP contribution in [0.1, 0.15) is 23.7 Å².